The lowest BCUT2D eigenvalue weighted by Crippen LogP contribution is -2.45. The summed E-state index contributed by atoms with van der Waals surface area (Å²) in [6.07, 6.45) is 4.57. The van der Waals surface area contributed by atoms with Crippen molar-refractivity contribution < 1.29 is 0 Å². The molecule has 0 unspecified atom stereocenters. The van der Waals surface area contributed by atoms with Crippen LogP contribution < -0.4 is 5.32 Å². The summed E-state index contributed by atoms with van der Waals surface area (Å²) in [6, 6.07) is 0.785. The normalized spacial score (nSPS) is 19.2. The Morgan fingerprint density at radius 3 is 2.69 bits per heavy atom. The molecule has 0 saturated carbocycles. The van der Waals surface area contributed by atoms with Crippen LogP contribution in [0.1, 0.15) is 19.8 Å². The summed E-state index contributed by atoms with van der Waals surface area (Å²) in [4.78, 5) is 5.05. The zero-order valence-corrected chi connectivity index (χ0v) is 10.9. The van der Waals surface area contributed by atoms with Crippen LogP contribution in [0.3, 0.4) is 0 Å². The van der Waals surface area contributed by atoms with Gasteiger partial charge in [0.15, 0.2) is 0 Å². The quantitative estimate of drug-likeness (QED) is 0.518. The summed E-state index contributed by atoms with van der Waals surface area (Å²) >= 11 is 0. The van der Waals surface area contributed by atoms with Crippen LogP contribution in [0, 0.1) is 0 Å². The van der Waals surface area contributed by atoms with E-state index < -0.39 is 0 Å². The van der Waals surface area contributed by atoms with Crippen molar-refractivity contribution in [1.82, 2.24) is 15.1 Å². The van der Waals surface area contributed by atoms with Crippen molar-refractivity contribution in [3.63, 3.8) is 0 Å². The molecule has 0 aromatic rings. The molecule has 0 aliphatic carbocycles. The van der Waals surface area contributed by atoms with Gasteiger partial charge in [0.05, 0.1) is 0 Å². The molecule has 1 aliphatic rings. The van der Waals surface area contributed by atoms with E-state index >= 15 is 0 Å². The molecule has 0 spiro atoms. The number of piperidine rings is 1. The Hall–Kier alpha value is -0.380. The maximum atomic E-state index is 3.70. The van der Waals surface area contributed by atoms with Gasteiger partial charge in [-0.2, -0.15) is 0 Å². The van der Waals surface area contributed by atoms with Crippen LogP contribution in [0.25, 0.3) is 0 Å². The second kappa shape index (κ2) is 7.82. The number of nitrogens with one attached hydrogen (secondary N) is 1. The maximum absolute atomic E-state index is 3.70. The topological polar surface area (TPSA) is 18.5 Å². The monoisotopic (exact) mass is 225 g/mol. The molecule has 0 aromatic heterocycles. The number of hydrogen-bond donors (Lipinski definition) is 1. The van der Waals surface area contributed by atoms with Crippen molar-refractivity contribution in [3.05, 3.63) is 12.7 Å². The molecule has 1 fully saturated rings. The van der Waals surface area contributed by atoms with E-state index in [1.165, 1.54) is 32.5 Å². The summed E-state index contributed by atoms with van der Waals surface area (Å²) in [7, 11) is 2.25. The zero-order chi connectivity index (χ0) is 11.8. The molecule has 94 valence electrons. The molecule has 1 rings (SSSR count). The first-order valence-electron chi connectivity index (χ1n) is 6.52. The first kappa shape index (κ1) is 13.7. The Morgan fingerprint density at radius 2 is 2.12 bits per heavy atom. The van der Waals surface area contributed by atoms with Crippen LogP contribution >= 0.6 is 0 Å². The van der Waals surface area contributed by atoms with Crippen LogP contribution in [0.4, 0.5) is 0 Å². The largest absolute Gasteiger partial charge is 0.312 e. The molecule has 0 radical (unpaired) electrons. The molecule has 3 nitrogen and oxygen atoms in total. The second-order valence-corrected chi connectivity index (χ2v) is 4.64. The van der Waals surface area contributed by atoms with Gasteiger partial charge in [0.1, 0.15) is 0 Å². The predicted molar refractivity (Wildman–Crippen MR) is 70.8 cm³/mol. The average Bonchev–Trinajstić information content (AvgIpc) is 2.34. The standard InChI is InChI=1S/C13H27N3/c1-4-8-14-9-12-15(3)13-6-10-16(5-2)11-7-13/h4,13-14H,1,5-12H2,2-3H3. The van der Waals surface area contributed by atoms with Crippen molar-refractivity contribution in [2.75, 3.05) is 46.3 Å². The lowest BCUT2D eigenvalue weighted by molar-refractivity contribution is 0.132. The number of nitrogens with zero attached hydrogens (tertiary/aromatic N) is 2. The first-order chi connectivity index (χ1) is 7.77. The van der Waals surface area contributed by atoms with Gasteiger partial charge < -0.3 is 15.1 Å². The van der Waals surface area contributed by atoms with E-state index in [0.29, 0.717) is 0 Å². The minimum atomic E-state index is 0.785. The molecule has 0 bridgehead atoms. The maximum Gasteiger partial charge on any atom is 0.0132 e. The van der Waals surface area contributed by atoms with Gasteiger partial charge in [-0.1, -0.05) is 13.0 Å². The molecule has 3 heteroatoms. The van der Waals surface area contributed by atoms with Crippen LogP contribution in [0.2, 0.25) is 0 Å². The van der Waals surface area contributed by atoms with Crippen LogP contribution in [-0.4, -0.2) is 62.2 Å². The van der Waals surface area contributed by atoms with E-state index in [1.54, 1.807) is 0 Å². The highest BCUT2D eigenvalue weighted by atomic mass is 15.2. The third-order valence-electron chi connectivity index (χ3n) is 3.56. The van der Waals surface area contributed by atoms with Crippen molar-refractivity contribution in [1.29, 1.82) is 0 Å². The van der Waals surface area contributed by atoms with Crippen LogP contribution in [0.15, 0.2) is 12.7 Å². The highest BCUT2D eigenvalue weighted by Crippen LogP contribution is 2.14. The lowest BCUT2D eigenvalue weighted by atomic mass is 10.0. The third kappa shape index (κ3) is 4.64. The summed E-state index contributed by atoms with van der Waals surface area (Å²) in [5.74, 6) is 0. The van der Waals surface area contributed by atoms with Gasteiger partial charge in [-0.15, -0.1) is 6.58 Å². The molecule has 0 atom stereocenters. The summed E-state index contributed by atoms with van der Waals surface area (Å²) < 4.78 is 0. The Morgan fingerprint density at radius 1 is 1.44 bits per heavy atom. The van der Waals surface area contributed by atoms with Crippen molar-refractivity contribution >= 4 is 0 Å². The van der Waals surface area contributed by atoms with Gasteiger partial charge >= 0.3 is 0 Å². The fourth-order valence-electron chi connectivity index (χ4n) is 2.32. The van der Waals surface area contributed by atoms with Crippen molar-refractivity contribution in [2.45, 2.75) is 25.8 Å². The van der Waals surface area contributed by atoms with Gasteiger partial charge in [-0.25, -0.2) is 0 Å². The third-order valence-corrected chi connectivity index (χ3v) is 3.56. The molecule has 0 aromatic carbocycles. The van der Waals surface area contributed by atoms with Crippen LogP contribution in [-0.2, 0) is 0 Å². The summed E-state index contributed by atoms with van der Waals surface area (Å²) in [6.45, 7) is 12.8. The number of likely N-dealkylation sites (N-methyl/N-ethyl adjacent to an activating group) is 1. The summed E-state index contributed by atoms with van der Waals surface area (Å²) in [5.41, 5.74) is 0. The first-order valence-corrected chi connectivity index (χ1v) is 6.52. The number of rotatable bonds is 7. The van der Waals surface area contributed by atoms with E-state index in [1.807, 2.05) is 6.08 Å². The van der Waals surface area contributed by atoms with E-state index in [-0.39, 0.29) is 0 Å². The lowest BCUT2D eigenvalue weighted by Gasteiger charge is -2.36. The molecule has 1 saturated heterocycles. The van der Waals surface area contributed by atoms with E-state index in [4.69, 9.17) is 0 Å². The second-order valence-electron chi connectivity index (χ2n) is 4.64. The SMILES string of the molecule is C=CCNCCN(C)C1CCN(CC)CC1. The van der Waals surface area contributed by atoms with Crippen molar-refractivity contribution in [3.8, 4) is 0 Å². The molecule has 16 heavy (non-hydrogen) atoms. The van der Waals surface area contributed by atoms with Gasteiger partial charge in [0.25, 0.3) is 0 Å². The van der Waals surface area contributed by atoms with Crippen LogP contribution in [0.5, 0.6) is 0 Å². The predicted octanol–water partition coefficient (Wildman–Crippen LogP) is 1.18. The zero-order valence-electron chi connectivity index (χ0n) is 10.9. The van der Waals surface area contributed by atoms with Gasteiger partial charge in [0.2, 0.25) is 0 Å². The Bertz CT molecular complexity index is 186. The fraction of sp³-hybridized carbons (Fsp3) is 0.846. The molecule has 1 N–H and O–H groups in total. The molecular weight excluding hydrogens is 198 g/mol. The molecule has 1 heterocycles. The minimum absolute atomic E-state index is 0.785. The average molecular weight is 225 g/mol. The minimum Gasteiger partial charge on any atom is -0.312 e. The molecular formula is C13H27N3. The molecule has 1 aliphatic heterocycles. The van der Waals surface area contributed by atoms with Gasteiger partial charge in [0, 0.05) is 25.7 Å². The molecule has 0 amide bonds. The fourth-order valence-corrected chi connectivity index (χ4v) is 2.32. The van der Waals surface area contributed by atoms with Gasteiger partial charge in [-0.05, 0) is 39.5 Å². The Kier molecular flexibility index (Phi) is 6.69. The number of likely N-dealkylation sites (tertiary alicyclic amines) is 1. The van der Waals surface area contributed by atoms with E-state index in [0.717, 1.165) is 25.7 Å². The Labute approximate surface area is 100 Å². The van der Waals surface area contributed by atoms with E-state index in [9.17, 15) is 0 Å². The highest BCUT2D eigenvalue weighted by molar-refractivity contribution is 4.78. The smallest absolute Gasteiger partial charge is 0.0132 e. The van der Waals surface area contributed by atoms with E-state index in [2.05, 4.69) is 35.7 Å². The number of hydrogen-bond acceptors (Lipinski definition) is 3. The highest BCUT2D eigenvalue weighted by Gasteiger charge is 2.20. The van der Waals surface area contributed by atoms with Gasteiger partial charge in [-0.3, -0.25) is 0 Å². The van der Waals surface area contributed by atoms with Crippen molar-refractivity contribution in [2.24, 2.45) is 0 Å². The Balaban J connectivity index is 2.12. The summed E-state index contributed by atoms with van der Waals surface area (Å²) in [5, 5.41) is 3.35.